The van der Waals surface area contributed by atoms with Gasteiger partial charge in [-0.25, -0.2) is 0 Å². The fourth-order valence-corrected chi connectivity index (χ4v) is 2.48. The quantitative estimate of drug-likeness (QED) is 0.754. The van der Waals surface area contributed by atoms with Gasteiger partial charge in [-0.1, -0.05) is 30.3 Å². The molecule has 0 aromatic heterocycles. The maximum absolute atomic E-state index is 9.11. The van der Waals surface area contributed by atoms with E-state index >= 15 is 0 Å². The Kier molecular flexibility index (Phi) is 5.65. The molecule has 0 aliphatic carbocycles. The lowest BCUT2D eigenvalue weighted by atomic mass is 9.96. The minimum Gasteiger partial charge on any atom is -0.490 e. The first-order valence-corrected chi connectivity index (χ1v) is 7.94. The van der Waals surface area contributed by atoms with E-state index in [9.17, 15) is 0 Å². The Bertz CT molecular complexity index is 671. The van der Waals surface area contributed by atoms with E-state index in [1.807, 2.05) is 70.2 Å². The van der Waals surface area contributed by atoms with Gasteiger partial charge in [0.25, 0.3) is 0 Å². The van der Waals surface area contributed by atoms with Crippen molar-refractivity contribution in [3.8, 4) is 28.7 Å². The fraction of sp³-hybridized carbons (Fsp3) is 0.350. The summed E-state index contributed by atoms with van der Waals surface area (Å²) in [5.41, 5.74) is 2.88. The van der Waals surface area contributed by atoms with Crippen LogP contribution < -0.4 is 9.47 Å². The number of nitrogens with zero attached hydrogens (tertiary/aromatic N) is 1. The van der Waals surface area contributed by atoms with E-state index < -0.39 is 0 Å². The van der Waals surface area contributed by atoms with Gasteiger partial charge in [-0.2, -0.15) is 5.26 Å². The Morgan fingerprint density at radius 2 is 1.43 bits per heavy atom. The number of benzene rings is 2. The normalized spacial score (nSPS) is 10.7. The van der Waals surface area contributed by atoms with Crippen molar-refractivity contribution in [3.63, 3.8) is 0 Å². The van der Waals surface area contributed by atoms with Crippen LogP contribution in [0.15, 0.2) is 42.5 Å². The van der Waals surface area contributed by atoms with E-state index in [0.717, 1.165) is 28.2 Å². The van der Waals surface area contributed by atoms with Crippen molar-refractivity contribution in [1.29, 1.82) is 5.26 Å². The zero-order valence-corrected chi connectivity index (χ0v) is 14.2. The summed E-state index contributed by atoms with van der Waals surface area (Å²) in [7, 11) is 0. The van der Waals surface area contributed by atoms with E-state index in [0.29, 0.717) is 6.42 Å². The SMILES string of the molecule is CC(C)Oc1cccc(OC(C)C)c1-c1ccccc1CC#N. The van der Waals surface area contributed by atoms with Gasteiger partial charge in [0.2, 0.25) is 0 Å². The first-order chi connectivity index (χ1) is 11.0. The number of nitriles is 1. The molecule has 0 radical (unpaired) electrons. The average molecular weight is 309 g/mol. The van der Waals surface area contributed by atoms with Gasteiger partial charge < -0.3 is 9.47 Å². The second kappa shape index (κ2) is 7.69. The van der Waals surface area contributed by atoms with Crippen LogP contribution in [0.3, 0.4) is 0 Å². The lowest BCUT2D eigenvalue weighted by molar-refractivity contribution is 0.231. The van der Waals surface area contributed by atoms with Gasteiger partial charge in [0.1, 0.15) is 11.5 Å². The third kappa shape index (κ3) is 4.26. The van der Waals surface area contributed by atoms with Crippen LogP contribution in [-0.2, 0) is 6.42 Å². The molecule has 0 saturated heterocycles. The van der Waals surface area contributed by atoms with Gasteiger partial charge in [-0.05, 0) is 51.0 Å². The highest BCUT2D eigenvalue weighted by Crippen LogP contribution is 2.41. The van der Waals surface area contributed by atoms with Gasteiger partial charge in [-0.3, -0.25) is 0 Å². The summed E-state index contributed by atoms with van der Waals surface area (Å²) in [6, 6.07) is 16.0. The lowest BCUT2D eigenvalue weighted by Gasteiger charge is -2.21. The fourth-order valence-electron chi connectivity index (χ4n) is 2.48. The molecule has 0 heterocycles. The number of hydrogen-bond acceptors (Lipinski definition) is 3. The number of hydrogen-bond donors (Lipinski definition) is 0. The van der Waals surface area contributed by atoms with E-state index in [-0.39, 0.29) is 12.2 Å². The molecule has 2 aromatic rings. The second-order valence-electron chi connectivity index (χ2n) is 5.95. The van der Waals surface area contributed by atoms with Crippen LogP contribution in [0.1, 0.15) is 33.3 Å². The van der Waals surface area contributed by atoms with Crippen LogP contribution in [0.25, 0.3) is 11.1 Å². The minimum absolute atomic E-state index is 0.0613. The topological polar surface area (TPSA) is 42.2 Å². The highest BCUT2D eigenvalue weighted by atomic mass is 16.5. The van der Waals surface area contributed by atoms with Crippen molar-refractivity contribution in [2.75, 3.05) is 0 Å². The van der Waals surface area contributed by atoms with E-state index in [4.69, 9.17) is 14.7 Å². The van der Waals surface area contributed by atoms with Gasteiger partial charge in [0, 0.05) is 0 Å². The van der Waals surface area contributed by atoms with Crippen LogP contribution >= 0.6 is 0 Å². The molecule has 0 bridgehead atoms. The standard InChI is InChI=1S/C20H23NO2/c1-14(2)22-18-10-7-11-19(23-15(3)4)20(18)17-9-6-5-8-16(17)12-13-21/h5-11,14-15H,12H2,1-4H3. The van der Waals surface area contributed by atoms with E-state index in [2.05, 4.69) is 6.07 Å². The molecule has 0 saturated carbocycles. The van der Waals surface area contributed by atoms with Gasteiger partial charge in [0.05, 0.1) is 30.3 Å². The largest absolute Gasteiger partial charge is 0.490 e. The summed E-state index contributed by atoms with van der Waals surface area (Å²) in [5.74, 6) is 1.56. The van der Waals surface area contributed by atoms with Crippen molar-refractivity contribution in [2.45, 2.75) is 46.3 Å². The molecule has 3 nitrogen and oxygen atoms in total. The third-order valence-electron chi connectivity index (χ3n) is 3.27. The molecular weight excluding hydrogens is 286 g/mol. The van der Waals surface area contributed by atoms with E-state index in [1.54, 1.807) is 0 Å². The molecule has 0 N–H and O–H groups in total. The zero-order valence-electron chi connectivity index (χ0n) is 14.2. The molecule has 0 aliphatic rings. The maximum Gasteiger partial charge on any atom is 0.131 e. The molecule has 23 heavy (non-hydrogen) atoms. The van der Waals surface area contributed by atoms with Crippen molar-refractivity contribution >= 4 is 0 Å². The van der Waals surface area contributed by atoms with Crippen LogP contribution in [0, 0.1) is 11.3 Å². The smallest absolute Gasteiger partial charge is 0.131 e. The second-order valence-corrected chi connectivity index (χ2v) is 5.95. The van der Waals surface area contributed by atoms with Crippen LogP contribution in [-0.4, -0.2) is 12.2 Å². The lowest BCUT2D eigenvalue weighted by Crippen LogP contribution is -2.10. The van der Waals surface area contributed by atoms with Crippen molar-refractivity contribution in [3.05, 3.63) is 48.0 Å². The summed E-state index contributed by atoms with van der Waals surface area (Å²) < 4.78 is 12.0. The first-order valence-electron chi connectivity index (χ1n) is 7.94. The molecule has 0 fully saturated rings. The Morgan fingerprint density at radius 3 is 1.96 bits per heavy atom. The Balaban J connectivity index is 2.64. The molecule has 2 rings (SSSR count). The summed E-state index contributed by atoms with van der Waals surface area (Å²) in [6.07, 6.45) is 0.477. The zero-order chi connectivity index (χ0) is 16.8. The molecule has 2 aromatic carbocycles. The summed E-state index contributed by atoms with van der Waals surface area (Å²) in [5, 5.41) is 9.11. The molecule has 0 amide bonds. The molecule has 3 heteroatoms. The van der Waals surface area contributed by atoms with Crippen molar-refractivity contribution < 1.29 is 9.47 Å². The molecular formula is C20H23NO2. The molecule has 120 valence electrons. The molecule has 0 atom stereocenters. The monoisotopic (exact) mass is 309 g/mol. The van der Waals surface area contributed by atoms with E-state index in [1.165, 1.54) is 0 Å². The van der Waals surface area contributed by atoms with Gasteiger partial charge in [0.15, 0.2) is 0 Å². The summed E-state index contributed by atoms with van der Waals surface area (Å²) >= 11 is 0. The summed E-state index contributed by atoms with van der Waals surface area (Å²) in [6.45, 7) is 8.00. The van der Waals surface area contributed by atoms with Crippen LogP contribution in [0.2, 0.25) is 0 Å². The Hall–Kier alpha value is -2.47. The Labute approximate surface area is 138 Å². The highest BCUT2D eigenvalue weighted by molar-refractivity contribution is 5.79. The molecule has 0 spiro atoms. The number of rotatable bonds is 6. The minimum atomic E-state index is 0.0613. The Morgan fingerprint density at radius 1 is 0.870 bits per heavy atom. The molecule has 0 aliphatic heterocycles. The predicted octanol–water partition coefficient (Wildman–Crippen LogP) is 4.99. The first kappa shape index (κ1) is 16.9. The number of ether oxygens (including phenoxy) is 2. The van der Waals surface area contributed by atoms with Crippen molar-refractivity contribution in [2.24, 2.45) is 0 Å². The third-order valence-corrected chi connectivity index (χ3v) is 3.27. The predicted molar refractivity (Wildman–Crippen MR) is 92.7 cm³/mol. The summed E-state index contributed by atoms with van der Waals surface area (Å²) in [4.78, 5) is 0. The van der Waals surface area contributed by atoms with Gasteiger partial charge in [-0.15, -0.1) is 0 Å². The van der Waals surface area contributed by atoms with Crippen LogP contribution in [0.5, 0.6) is 11.5 Å². The van der Waals surface area contributed by atoms with Crippen molar-refractivity contribution in [1.82, 2.24) is 0 Å². The highest BCUT2D eigenvalue weighted by Gasteiger charge is 2.17. The maximum atomic E-state index is 9.11. The van der Waals surface area contributed by atoms with Crippen LogP contribution in [0.4, 0.5) is 0 Å². The average Bonchev–Trinajstić information content (AvgIpc) is 2.48. The van der Waals surface area contributed by atoms with Gasteiger partial charge >= 0.3 is 0 Å². The molecule has 0 unspecified atom stereocenters.